The van der Waals surface area contributed by atoms with Gasteiger partial charge in [0.25, 0.3) is 0 Å². The van der Waals surface area contributed by atoms with Gasteiger partial charge in [-0.3, -0.25) is 9.67 Å². The average molecular weight is 357 g/mol. The van der Waals surface area contributed by atoms with E-state index in [1.807, 2.05) is 18.8 Å². The third-order valence-corrected chi connectivity index (χ3v) is 4.34. The molecule has 0 aliphatic carbocycles. The van der Waals surface area contributed by atoms with E-state index in [-0.39, 0.29) is 0 Å². The molecule has 0 radical (unpaired) electrons. The van der Waals surface area contributed by atoms with Gasteiger partial charge in [-0.15, -0.1) is 0 Å². The number of anilines is 1. The van der Waals surface area contributed by atoms with Crippen molar-refractivity contribution < 1.29 is 0 Å². The third kappa shape index (κ3) is 5.00. The Morgan fingerprint density at radius 2 is 2.00 bits per heavy atom. The summed E-state index contributed by atoms with van der Waals surface area (Å²) in [7, 11) is 9.96. The molecule has 0 saturated heterocycles. The van der Waals surface area contributed by atoms with Crippen molar-refractivity contribution in [2.75, 3.05) is 33.1 Å². The van der Waals surface area contributed by atoms with Gasteiger partial charge in [-0.05, 0) is 23.6 Å². The van der Waals surface area contributed by atoms with Crippen LogP contribution in [0.4, 0.5) is 5.69 Å². The molecular formula is C20H32N6. The molecule has 0 saturated carbocycles. The minimum Gasteiger partial charge on any atom is -0.378 e. The lowest BCUT2D eigenvalue weighted by Crippen LogP contribution is -2.38. The van der Waals surface area contributed by atoms with Gasteiger partial charge < -0.3 is 15.1 Å². The van der Waals surface area contributed by atoms with Crippen molar-refractivity contribution >= 4 is 11.6 Å². The maximum Gasteiger partial charge on any atom is 0.193 e. The first kappa shape index (κ1) is 19.8. The Hall–Kier alpha value is -2.50. The molecule has 0 bridgehead atoms. The van der Waals surface area contributed by atoms with E-state index in [9.17, 15) is 0 Å². The van der Waals surface area contributed by atoms with Crippen LogP contribution < -0.4 is 10.2 Å². The molecule has 6 nitrogen and oxygen atoms in total. The van der Waals surface area contributed by atoms with Gasteiger partial charge in [0.1, 0.15) is 0 Å². The van der Waals surface area contributed by atoms with E-state index in [1.54, 1.807) is 0 Å². The number of rotatable bonds is 6. The van der Waals surface area contributed by atoms with E-state index in [0.29, 0.717) is 5.92 Å². The first-order valence-corrected chi connectivity index (χ1v) is 9.02. The van der Waals surface area contributed by atoms with Crippen LogP contribution in [0.25, 0.3) is 0 Å². The van der Waals surface area contributed by atoms with Crippen LogP contribution >= 0.6 is 0 Å². The van der Waals surface area contributed by atoms with Gasteiger partial charge in [-0.2, -0.15) is 5.10 Å². The van der Waals surface area contributed by atoms with Gasteiger partial charge in [0.05, 0.1) is 5.69 Å². The van der Waals surface area contributed by atoms with Gasteiger partial charge in [-0.25, -0.2) is 0 Å². The summed E-state index contributed by atoms with van der Waals surface area (Å²) in [5, 5.41) is 8.05. The van der Waals surface area contributed by atoms with Gasteiger partial charge in [-0.1, -0.05) is 26.0 Å². The number of guanidine groups is 1. The highest BCUT2D eigenvalue weighted by Crippen LogP contribution is 2.18. The predicted molar refractivity (Wildman–Crippen MR) is 110 cm³/mol. The summed E-state index contributed by atoms with van der Waals surface area (Å²) in [6.45, 7) is 5.87. The normalized spacial score (nSPS) is 11.8. The van der Waals surface area contributed by atoms with Crippen molar-refractivity contribution in [2.24, 2.45) is 12.0 Å². The van der Waals surface area contributed by atoms with Gasteiger partial charge in [0.2, 0.25) is 0 Å². The van der Waals surface area contributed by atoms with Crippen molar-refractivity contribution in [3.63, 3.8) is 0 Å². The molecule has 2 rings (SSSR count). The first-order chi connectivity index (χ1) is 12.3. The molecule has 1 N–H and O–H groups in total. The Kier molecular flexibility index (Phi) is 6.66. The molecule has 0 aliphatic rings. The Morgan fingerprint density at radius 1 is 1.27 bits per heavy atom. The van der Waals surface area contributed by atoms with E-state index >= 15 is 0 Å². The van der Waals surface area contributed by atoms with Gasteiger partial charge in [0.15, 0.2) is 5.96 Å². The molecule has 0 spiro atoms. The fourth-order valence-electron chi connectivity index (χ4n) is 3.00. The van der Waals surface area contributed by atoms with Crippen molar-refractivity contribution in [3.8, 4) is 0 Å². The van der Waals surface area contributed by atoms with Crippen LogP contribution in [0, 0.1) is 0 Å². The predicted octanol–water partition coefficient (Wildman–Crippen LogP) is 2.82. The average Bonchev–Trinajstić information content (AvgIpc) is 2.96. The second-order valence-electron chi connectivity index (χ2n) is 7.19. The molecule has 142 valence electrons. The maximum atomic E-state index is 4.59. The summed E-state index contributed by atoms with van der Waals surface area (Å²) in [6.07, 6.45) is 2.10. The maximum absolute atomic E-state index is 4.59. The topological polar surface area (TPSA) is 48.7 Å². The molecule has 0 fully saturated rings. The molecule has 26 heavy (non-hydrogen) atoms. The monoisotopic (exact) mass is 356 g/mol. The summed E-state index contributed by atoms with van der Waals surface area (Å²) in [4.78, 5) is 8.68. The zero-order valence-electron chi connectivity index (χ0n) is 17.1. The molecule has 6 heteroatoms. The first-order valence-electron chi connectivity index (χ1n) is 9.02. The number of nitrogens with zero attached hydrogens (tertiary/aromatic N) is 5. The SMILES string of the molecule is CN=C(NCc1cccc(N(C)C)c1)N(C)Cc1cn(C)nc1C(C)C. The number of aliphatic imine (C=N–C) groups is 1. The highest BCUT2D eigenvalue weighted by Gasteiger charge is 2.15. The van der Waals surface area contributed by atoms with Crippen LogP contribution in [-0.4, -0.2) is 48.8 Å². The smallest absolute Gasteiger partial charge is 0.193 e. The Balaban J connectivity index is 2.03. The highest BCUT2D eigenvalue weighted by atomic mass is 15.3. The lowest BCUT2D eigenvalue weighted by molar-refractivity contribution is 0.473. The fraction of sp³-hybridized carbons (Fsp3) is 0.500. The van der Waals surface area contributed by atoms with Crippen LogP contribution in [0.1, 0.15) is 36.6 Å². The summed E-state index contributed by atoms with van der Waals surface area (Å²) < 4.78 is 1.89. The van der Waals surface area contributed by atoms with Gasteiger partial charge >= 0.3 is 0 Å². The van der Waals surface area contributed by atoms with Crippen LogP contribution in [0.15, 0.2) is 35.5 Å². The van der Waals surface area contributed by atoms with E-state index in [1.165, 1.54) is 16.8 Å². The molecule has 1 heterocycles. The molecule has 0 amide bonds. The minimum absolute atomic E-state index is 0.406. The zero-order chi connectivity index (χ0) is 19.3. The summed E-state index contributed by atoms with van der Waals surface area (Å²) in [5.74, 6) is 1.28. The fourth-order valence-corrected chi connectivity index (χ4v) is 3.00. The second-order valence-corrected chi connectivity index (χ2v) is 7.19. The number of hydrogen-bond donors (Lipinski definition) is 1. The van der Waals surface area contributed by atoms with Crippen molar-refractivity contribution in [1.29, 1.82) is 0 Å². The lowest BCUT2D eigenvalue weighted by atomic mass is 10.1. The molecule has 1 aromatic carbocycles. The van der Waals surface area contributed by atoms with Gasteiger partial charge in [0, 0.05) is 65.8 Å². The van der Waals surface area contributed by atoms with E-state index < -0.39 is 0 Å². The zero-order valence-corrected chi connectivity index (χ0v) is 17.1. The molecule has 0 atom stereocenters. The van der Waals surface area contributed by atoms with Crippen LogP contribution in [-0.2, 0) is 20.1 Å². The van der Waals surface area contributed by atoms with E-state index in [2.05, 4.69) is 90.7 Å². The van der Waals surface area contributed by atoms with Crippen molar-refractivity contribution in [2.45, 2.75) is 32.9 Å². The molecule has 0 aliphatic heterocycles. The number of aryl methyl sites for hydroxylation is 1. The molecule has 0 unspecified atom stereocenters. The number of benzene rings is 1. The quantitative estimate of drug-likeness (QED) is 0.639. The number of aromatic nitrogens is 2. The lowest BCUT2D eigenvalue weighted by Gasteiger charge is -2.23. The molecule has 2 aromatic rings. The Morgan fingerprint density at radius 3 is 2.62 bits per heavy atom. The van der Waals surface area contributed by atoms with Crippen LogP contribution in [0.3, 0.4) is 0 Å². The van der Waals surface area contributed by atoms with E-state index in [0.717, 1.165) is 24.7 Å². The van der Waals surface area contributed by atoms with E-state index in [4.69, 9.17) is 0 Å². The van der Waals surface area contributed by atoms with Crippen molar-refractivity contribution in [1.82, 2.24) is 20.0 Å². The van der Waals surface area contributed by atoms with Crippen molar-refractivity contribution in [3.05, 3.63) is 47.3 Å². The van der Waals surface area contributed by atoms with Crippen LogP contribution in [0.2, 0.25) is 0 Å². The largest absolute Gasteiger partial charge is 0.378 e. The molecule has 1 aromatic heterocycles. The Bertz CT molecular complexity index is 745. The molecular weight excluding hydrogens is 324 g/mol. The minimum atomic E-state index is 0.406. The standard InChI is InChI=1S/C20H32N6/c1-15(2)19-17(14-26(7)23-19)13-25(6)20(21-3)22-12-16-9-8-10-18(11-16)24(4)5/h8-11,14-15H,12-13H2,1-7H3,(H,21,22). The number of hydrogen-bond acceptors (Lipinski definition) is 3. The summed E-state index contributed by atoms with van der Waals surface area (Å²) in [5.41, 5.74) is 4.82. The number of nitrogens with one attached hydrogen (secondary N) is 1. The highest BCUT2D eigenvalue weighted by molar-refractivity contribution is 5.79. The third-order valence-electron chi connectivity index (χ3n) is 4.34. The van der Waals surface area contributed by atoms with Crippen LogP contribution in [0.5, 0.6) is 0 Å². The Labute approximate surface area is 157 Å². The summed E-state index contributed by atoms with van der Waals surface area (Å²) in [6, 6.07) is 8.52. The second kappa shape index (κ2) is 8.74. The summed E-state index contributed by atoms with van der Waals surface area (Å²) >= 11 is 0.